The number of aromatic hydroxyl groups is 1. The second-order valence-corrected chi connectivity index (χ2v) is 3.96. The quantitative estimate of drug-likeness (QED) is 0.669. The Hall–Kier alpha value is -2.84. The van der Waals surface area contributed by atoms with Gasteiger partial charge in [-0.05, 0) is 12.1 Å². The van der Waals surface area contributed by atoms with E-state index in [9.17, 15) is 28.4 Å². The van der Waals surface area contributed by atoms with E-state index in [0.717, 1.165) is 24.3 Å². The highest BCUT2D eigenvalue weighted by atomic mass is 19.4. The van der Waals surface area contributed by atoms with Crippen LogP contribution < -0.4 is 5.32 Å². The molecule has 0 aliphatic carbocycles. The highest BCUT2D eigenvalue weighted by Crippen LogP contribution is 2.37. The van der Waals surface area contributed by atoms with Gasteiger partial charge >= 0.3 is 11.9 Å². The molecule has 6 nitrogen and oxygen atoms in total. The fourth-order valence-electron chi connectivity index (χ4n) is 1.65. The molecule has 0 aliphatic rings. The zero-order valence-electron chi connectivity index (χ0n) is 10.3. The summed E-state index contributed by atoms with van der Waals surface area (Å²) in [5, 5.41) is 22.3. The van der Waals surface area contributed by atoms with Gasteiger partial charge in [0.25, 0.3) is 0 Å². The Morgan fingerprint density at radius 1 is 1.19 bits per heavy atom. The van der Waals surface area contributed by atoms with E-state index < -0.39 is 39.7 Å². The van der Waals surface area contributed by atoms with Crippen molar-refractivity contribution in [2.24, 2.45) is 0 Å². The van der Waals surface area contributed by atoms with Crippen LogP contribution in [-0.4, -0.2) is 15.0 Å². The number of nitrogens with one attached hydrogen (secondary N) is 1. The summed E-state index contributed by atoms with van der Waals surface area (Å²) in [6.07, 6.45) is -4.63. The van der Waals surface area contributed by atoms with E-state index >= 15 is 0 Å². The Bertz CT molecular complexity index is 689. The molecule has 0 saturated carbocycles. The molecule has 0 amide bonds. The topological polar surface area (TPSA) is 88.3 Å². The molecule has 2 aromatic rings. The molecule has 0 radical (unpaired) electrons. The number of rotatable bonds is 3. The van der Waals surface area contributed by atoms with Crippen molar-refractivity contribution < 1.29 is 23.2 Å². The molecule has 0 spiro atoms. The third kappa shape index (κ3) is 3.19. The van der Waals surface area contributed by atoms with Gasteiger partial charge in [-0.15, -0.1) is 0 Å². The predicted molar refractivity (Wildman–Crippen MR) is 67.3 cm³/mol. The number of aromatic nitrogens is 1. The molecular weight excluding hydrogens is 291 g/mol. The molecule has 2 rings (SSSR count). The van der Waals surface area contributed by atoms with Crippen LogP contribution in [0.25, 0.3) is 0 Å². The molecule has 0 fully saturated rings. The first kappa shape index (κ1) is 14.6. The first-order chi connectivity index (χ1) is 9.79. The van der Waals surface area contributed by atoms with E-state index in [1.165, 1.54) is 12.1 Å². The van der Waals surface area contributed by atoms with Crippen LogP contribution in [0.1, 0.15) is 5.56 Å². The van der Waals surface area contributed by atoms with E-state index in [1.807, 2.05) is 0 Å². The van der Waals surface area contributed by atoms with Gasteiger partial charge in [0, 0.05) is 12.1 Å². The Morgan fingerprint density at radius 2 is 1.86 bits per heavy atom. The average molecular weight is 299 g/mol. The maximum Gasteiger partial charge on any atom is 0.418 e. The maximum absolute atomic E-state index is 12.8. The van der Waals surface area contributed by atoms with Gasteiger partial charge in [0.2, 0.25) is 11.7 Å². The Morgan fingerprint density at radius 3 is 2.48 bits per heavy atom. The average Bonchev–Trinajstić information content (AvgIpc) is 2.37. The second kappa shape index (κ2) is 5.27. The normalized spacial score (nSPS) is 11.2. The number of alkyl halides is 3. The predicted octanol–water partition coefficient (Wildman–Crippen LogP) is 3.46. The number of anilines is 2. The highest BCUT2D eigenvalue weighted by Gasteiger charge is 2.33. The second-order valence-electron chi connectivity index (χ2n) is 3.96. The van der Waals surface area contributed by atoms with Crippen molar-refractivity contribution >= 4 is 17.2 Å². The van der Waals surface area contributed by atoms with Crippen molar-refractivity contribution in [3.8, 4) is 5.88 Å². The summed E-state index contributed by atoms with van der Waals surface area (Å²) in [4.78, 5) is 13.5. The number of pyridine rings is 1. The monoisotopic (exact) mass is 299 g/mol. The Kier molecular flexibility index (Phi) is 3.66. The molecule has 0 unspecified atom stereocenters. The van der Waals surface area contributed by atoms with Crippen LogP contribution in [0, 0.1) is 10.1 Å². The van der Waals surface area contributed by atoms with Crippen LogP contribution in [0.3, 0.4) is 0 Å². The van der Waals surface area contributed by atoms with Crippen LogP contribution >= 0.6 is 0 Å². The summed E-state index contributed by atoms with van der Waals surface area (Å²) in [6.45, 7) is 0. The Balaban J connectivity index is 2.49. The standard InChI is InChI=1S/C12H8F3N3O3/c13-12(14,15)7-3-1-2-4-8(7)16-11-9(18(20)21)5-6-10(19)17-11/h1-6H,(H2,16,17,19). The van der Waals surface area contributed by atoms with Crippen molar-refractivity contribution in [2.75, 3.05) is 5.32 Å². The zero-order valence-corrected chi connectivity index (χ0v) is 10.3. The number of halogens is 3. The summed E-state index contributed by atoms with van der Waals surface area (Å²) in [7, 11) is 0. The smallest absolute Gasteiger partial charge is 0.418 e. The summed E-state index contributed by atoms with van der Waals surface area (Å²) >= 11 is 0. The molecule has 0 bridgehead atoms. The van der Waals surface area contributed by atoms with Crippen LogP contribution in [0.4, 0.5) is 30.4 Å². The molecule has 0 aliphatic heterocycles. The number of nitrogens with zero attached hydrogens (tertiary/aromatic N) is 2. The zero-order chi connectivity index (χ0) is 15.6. The van der Waals surface area contributed by atoms with Gasteiger partial charge in [-0.2, -0.15) is 18.2 Å². The molecular formula is C12H8F3N3O3. The first-order valence-electron chi connectivity index (χ1n) is 5.56. The molecule has 9 heteroatoms. The van der Waals surface area contributed by atoms with E-state index in [0.29, 0.717) is 0 Å². The van der Waals surface area contributed by atoms with E-state index in [1.54, 1.807) is 0 Å². The molecule has 1 heterocycles. The van der Waals surface area contributed by atoms with Gasteiger partial charge in [-0.25, -0.2) is 0 Å². The van der Waals surface area contributed by atoms with Gasteiger partial charge in [0.1, 0.15) is 0 Å². The SMILES string of the molecule is O=[N+]([O-])c1ccc(O)nc1Nc1ccccc1C(F)(F)F. The minimum Gasteiger partial charge on any atom is -0.493 e. The van der Waals surface area contributed by atoms with E-state index in [4.69, 9.17) is 0 Å². The lowest BCUT2D eigenvalue weighted by molar-refractivity contribution is -0.384. The van der Waals surface area contributed by atoms with Crippen LogP contribution in [0.5, 0.6) is 5.88 Å². The van der Waals surface area contributed by atoms with E-state index in [2.05, 4.69) is 10.3 Å². The lowest BCUT2D eigenvalue weighted by atomic mass is 10.1. The molecule has 0 saturated heterocycles. The van der Waals surface area contributed by atoms with Crippen molar-refractivity contribution in [3.63, 3.8) is 0 Å². The molecule has 1 aromatic carbocycles. The lowest BCUT2D eigenvalue weighted by Gasteiger charge is -2.13. The largest absolute Gasteiger partial charge is 0.493 e. The lowest BCUT2D eigenvalue weighted by Crippen LogP contribution is -2.09. The molecule has 2 N–H and O–H groups in total. The summed E-state index contributed by atoms with van der Waals surface area (Å²) in [5.74, 6) is -1.02. The number of hydrogen-bond acceptors (Lipinski definition) is 5. The van der Waals surface area contributed by atoms with Gasteiger partial charge in [0.15, 0.2) is 0 Å². The first-order valence-corrected chi connectivity index (χ1v) is 5.56. The number of para-hydroxylation sites is 1. The number of nitro groups is 1. The third-order valence-electron chi connectivity index (χ3n) is 2.54. The van der Waals surface area contributed by atoms with Crippen molar-refractivity contribution in [3.05, 3.63) is 52.1 Å². The van der Waals surface area contributed by atoms with Gasteiger partial charge in [0.05, 0.1) is 16.2 Å². The maximum atomic E-state index is 12.8. The minimum atomic E-state index is -4.63. The van der Waals surface area contributed by atoms with Crippen molar-refractivity contribution in [1.29, 1.82) is 0 Å². The molecule has 0 atom stereocenters. The van der Waals surface area contributed by atoms with E-state index in [-0.39, 0.29) is 0 Å². The number of benzene rings is 1. The summed E-state index contributed by atoms with van der Waals surface area (Å²) < 4.78 is 38.5. The summed E-state index contributed by atoms with van der Waals surface area (Å²) in [6, 6.07) is 6.39. The fraction of sp³-hybridized carbons (Fsp3) is 0.0833. The van der Waals surface area contributed by atoms with Crippen LogP contribution in [0.2, 0.25) is 0 Å². The summed E-state index contributed by atoms with van der Waals surface area (Å²) in [5.41, 5.74) is -1.94. The van der Waals surface area contributed by atoms with Crippen molar-refractivity contribution in [1.82, 2.24) is 4.98 Å². The van der Waals surface area contributed by atoms with Gasteiger partial charge in [-0.3, -0.25) is 10.1 Å². The molecule has 1 aromatic heterocycles. The van der Waals surface area contributed by atoms with Gasteiger partial charge < -0.3 is 10.4 Å². The van der Waals surface area contributed by atoms with Crippen LogP contribution in [0.15, 0.2) is 36.4 Å². The highest BCUT2D eigenvalue weighted by molar-refractivity contribution is 5.68. The number of hydrogen-bond donors (Lipinski definition) is 2. The van der Waals surface area contributed by atoms with Crippen molar-refractivity contribution in [2.45, 2.75) is 6.18 Å². The minimum absolute atomic E-state index is 0.397. The molecule has 110 valence electrons. The van der Waals surface area contributed by atoms with Crippen LogP contribution in [-0.2, 0) is 6.18 Å². The fourth-order valence-corrected chi connectivity index (χ4v) is 1.65. The third-order valence-corrected chi connectivity index (χ3v) is 2.54. The molecule has 21 heavy (non-hydrogen) atoms. The van der Waals surface area contributed by atoms with Gasteiger partial charge in [-0.1, -0.05) is 12.1 Å². The Labute approximate surface area is 116 Å².